The molecule has 3 N–H and O–H groups in total. The van der Waals surface area contributed by atoms with Gasteiger partial charge >= 0.3 is 0 Å². The van der Waals surface area contributed by atoms with E-state index < -0.39 is 0 Å². The Kier molecular flexibility index (Phi) is 6.66. The first-order chi connectivity index (χ1) is 12.6. The zero-order valence-corrected chi connectivity index (χ0v) is 16.0. The van der Waals surface area contributed by atoms with Crippen LogP contribution in [-0.4, -0.2) is 31.4 Å². The molecule has 1 aliphatic rings. The highest BCUT2D eigenvalue weighted by Gasteiger charge is 2.15. The van der Waals surface area contributed by atoms with Gasteiger partial charge in [-0.1, -0.05) is 17.7 Å². The van der Waals surface area contributed by atoms with E-state index in [1.165, 1.54) is 24.2 Å². The second-order valence-corrected chi connectivity index (χ2v) is 7.74. The van der Waals surface area contributed by atoms with Crippen molar-refractivity contribution in [1.29, 1.82) is 0 Å². The van der Waals surface area contributed by atoms with Gasteiger partial charge in [-0.25, -0.2) is 0 Å². The molecule has 1 fully saturated rings. The van der Waals surface area contributed by atoms with Crippen LogP contribution in [0, 0.1) is 5.92 Å². The number of amides is 2. The van der Waals surface area contributed by atoms with Crippen molar-refractivity contribution < 1.29 is 9.59 Å². The first-order valence-electron chi connectivity index (χ1n) is 8.77. The van der Waals surface area contributed by atoms with Gasteiger partial charge in [-0.15, -0.1) is 11.3 Å². The Hall–Kier alpha value is -1.89. The Bertz CT molecular complexity index is 758. The van der Waals surface area contributed by atoms with E-state index >= 15 is 0 Å². The highest BCUT2D eigenvalue weighted by Crippen LogP contribution is 2.24. The number of halogens is 1. The predicted octanol–water partition coefficient (Wildman–Crippen LogP) is 3.77. The van der Waals surface area contributed by atoms with Crippen molar-refractivity contribution in [3.05, 3.63) is 51.2 Å². The lowest BCUT2D eigenvalue weighted by Gasteiger charge is -2.22. The predicted molar refractivity (Wildman–Crippen MR) is 106 cm³/mol. The fourth-order valence-electron chi connectivity index (χ4n) is 3.02. The molecular weight excluding hydrogens is 370 g/mol. The van der Waals surface area contributed by atoms with Gasteiger partial charge in [0.1, 0.15) is 0 Å². The molecule has 1 unspecified atom stereocenters. The molecule has 0 bridgehead atoms. The van der Waals surface area contributed by atoms with E-state index in [1.54, 1.807) is 24.3 Å². The Morgan fingerprint density at radius 3 is 2.88 bits per heavy atom. The highest BCUT2D eigenvalue weighted by atomic mass is 35.5. The Morgan fingerprint density at radius 2 is 2.15 bits per heavy atom. The summed E-state index contributed by atoms with van der Waals surface area (Å²) in [4.78, 5) is 25.2. The number of hydrogen-bond donors (Lipinski definition) is 3. The largest absolute Gasteiger partial charge is 0.352 e. The summed E-state index contributed by atoms with van der Waals surface area (Å²) in [5, 5.41) is 11.3. The molecule has 1 aromatic carbocycles. The van der Waals surface area contributed by atoms with Crippen LogP contribution >= 0.6 is 22.9 Å². The number of thiophene rings is 1. The quantitative estimate of drug-likeness (QED) is 0.701. The van der Waals surface area contributed by atoms with E-state index in [1.807, 2.05) is 11.4 Å². The molecule has 1 aliphatic heterocycles. The third-order valence-electron chi connectivity index (χ3n) is 4.46. The number of anilines is 1. The number of piperidine rings is 1. The number of carbonyl (C=O) groups is 2. The van der Waals surface area contributed by atoms with Gasteiger partial charge in [0, 0.05) is 12.1 Å². The zero-order chi connectivity index (χ0) is 18.4. The lowest BCUT2D eigenvalue weighted by molar-refractivity contribution is 0.0949. The molecule has 5 nitrogen and oxygen atoms in total. The van der Waals surface area contributed by atoms with Crippen molar-refractivity contribution in [2.45, 2.75) is 19.3 Å². The van der Waals surface area contributed by atoms with E-state index in [0.717, 1.165) is 19.5 Å². The van der Waals surface area contributed by atoms with Crippen LogP contribution in [0.1, 0.15) is 39.3 Å². The number of rotatable bonds is 6. The van der Waals surface area contributed by atoms with E-state index in [0.29, 0.717) is 33.6 Å². The third-order valence-corrected chi connectivity index (χ3v) is 5.66. The maximum atomic E-state index is 12.4. The monoisotopic (exact) mass is 391 g/mol. The van der Waals surface area contributed by atoms with E-state index in [4.69, 9.17) is 11.6 Å². The first-order valence-corrected chi connectivity index (χ1v) is 10.0. The van der Waals surface area contributed by atoms with E-state index in [-0.39, 0.29) is 11.8 Å². The maximum absolute atomic E-state index is 12.4. The van der Waals surface area contributed by atoms with Gasteiger partial charge in [0.25, 0.3) is 11.8 Å². The molecule has 1 saturated heterocycles. The summed E-state index contributed by atoms with van der Waals surface area (Å²) in [6, 6.07) is 8.47. The summed E-state index contributed by atoms with van der Waals surface area (Å²) < 4.78 is 0. The minimum atomic E-state index is -0.232. The molecule has 2 aromatic rings. The van der Waals surface area contributed by atoms with Crippen molar-refractivity contribution >= 4 is 40.4 Å². The van der Waals surface area contributed by atoms with E-state index in [2.05, 4.69) is 16.0 Å². The lowest BCUT2D eigenvalue weighted by atomic mass is 9.96. The summed E-state index contributed by atoms with van der Waals surface area (Å²) in [6.45, 7) is 2.76. The van der Waals surface area contributed by atoms with Crippen LogP contribution in [-0.2, 0) is 0 Å². The third kappa shape index (κ3) is 5.06. The summed E-state index contributed by atoms with van der Waals surface area (Å²) in [5.41, 5.74) is 0.923. The van der Waals surface area contributed by atoms with Gasteiger partial charge in [0.15, 0.2) is 0 Å². The zero-order valence-electron chi connectivity index (χ0n) is 14.4. The van der Waals surface area contributed by atoms with Crippen molar-refractivity contribution in [2.24, 2.45) is 5.92 Å². The van der Waals surface area contributed by atoms with Crippen molar-refractivity contribution in [1.82, 2.24) is 10.6 Å². The molecule has 26 heavy (non-hydrogen) atoms. The Morgan fingerprint density at radius 1 is 1.27 bits per heavy atom. The molecule has 1 aromatic heterocycles. The Labute approximate surface area is 162 Å². The van der Waals surface area contributed by atoms with Crippen LogP contribution in [0.15, 0.2) is 35.7 Å². The number of hydrogen-bond acceptors (Lipinski definition) is 4. The minimum Gasteiger partial charge on any atom is -0.352 e. The number of benzene rings is 1. The minimum absolute atomic E-state index is 0.156. The molecular formula is C19H22ClN3O2S. The molecule has 0 saturated carbocycles. The van der Waals surface area contributed by atoms with Gasteiger partial charge in [-0.3, -0.25) is 9.59 Å². The van der Waals surface area contributed by atoms with Gasteiger partial charge in [-0.2, -0.15) is 0 Å². The molecule has 7 heteroatoms. The van der Waals surface area contributed by atoms with Gasteiger partial charge in [0.05, 0.1) is 15.6 Å². The topological polar surface area (TPSA) is 70.2 Å². The van der Waals surface area contributed by atoms with Crippen LogP contribution < -0.4 is 16.0 Å². The smallest absolute Gasteiger partial charge is 0.265 e. The second kappa shape index (κ2) is 9.16. The van der Waals surface area contributed by atoms with Crippen LogP contribution in [0.2, 0.25) is 5.02 Å². The van der Waals surface area contributed by atoms with Crippen molar-refractivity contribution in [2.75, 3.05) is 25.0 Å². The lowest BCUT2D eigenvalue weighted by Crippen LogP contribution is -2.33. The standard InChI is InChI=1S/C19H22ClN3O2S/c20-15-6-5-14(11-16(15)23-19(25)17-4-2-10-26-17)18(24)22-9-7-13-3-1-8-21-12-13/h2,4-6,10-11,13,21H,1,3,7-9,12H2,(H,22,24)(H,23,25). The average molecular weight is 392 g/mol. The summed E-state index contributed by atoms with van der Waals surface area (Å²) in [7, 11) is 0. The van der Waals surface area contributed by atoms with Crippen LogP contribution in [0.3, 0.4) is 0 Å². The van der Waals surface area contributed by atoms with Gasteiger partial charge in [-0.05, 0) is 67.9 Å². The van der Waals surface area contributed by atoms with Gasteiger partial charge in [0.2, 0.25) is 0 Å². The fraction of sp³-hybridized carbons (Fsp3) is 0.368. The van der Waals surface area contributed by atoms with Crippen LogP contribution in [0.4, 0.5) is 5.69 Å². The molecule has 0 aliphatic carbocycles. The van der Waals surface area contributed by atoms with Crippen LogP contribution in [0.25, 0.3) is 0 Å². The molecule has 0 radical (unpaired) electrons. The molecule has 1 atom stereocenters. The van der Waals surface area contributed by atoms with Crippen molar-refractivity contribution in [3.63, 3.8) is 0 Å². The number of nitrogens with one attached hydrogen (secondary N) is 3. The Balaban J connectivity index is 1.57. The summed E-state index contributed by atoms with van der Waals surface area (Å²) in [5.74, 6) is 0.233. The normalized spacial score (nSPS) is 16.9. The first kappa shape index (κ1) is 18.9. The molecule has 2 heterocycles. The van der Waals surface area contributed by atoms with E-state index in [9.17, 15) is 9.59 Å². The second-order valence-electron chi connectivity index (χ2n) is 6.38. The SMILES string of the molecule is O=C(NCCC1CCCNC1)c1ccc(Cl)c(NC(=O)c2cccs2)c1. The maximum Gasteiger partial charge on any atom is 0.265 e. The molecule has 2 amide bonds. The summed E-state index contributed by atoms with van der Waals surface area (Å²) >= 11 is 7.51. The van der Waals surface area contributed by atoms with Gasteiger partial charge < -0.3 is 16.0 Å². The molecule has 138 valence electrons. The molecule has 0 spiro atoms. The average Bonchev–Trinajstić information content (AvgIpc) is 3.19. The highest BCUT2D eigenvalue weighted by molar-refractivity contribution is 7.12. The van der Waals surface area contributed by atoms with Crippen LogP contribution in [0.5, 0.6) is 0 Å². The molecule has 3 rings (SSSR count). The van der Waals surface area contributed by atoms with Crippen molar-refractivity contribution in [3.8, 4) is 0 Å². The summed E-state index contributed by atoms with van der Waals surface area (Å²) in [6.07, 6.45) is 3.38. The number of carbonyl (C=O) groups excluding carboxylic acids is 2. The fourth-order valence-corrected chi connectivity index (χ4v) is 3.80.